The van der Waals surface area contributed by atoms with E-state index >= 15 is 0 Å². The number of amides is 1. The number of nitrogens with one attached hydrogen (secondary N) is 1. The summed E-state index contributed by atoms with van der Waals surface area (Å²) in [5.41, 5.74) is 6.08. The average Bonchev–Trinajstić information content (AvgIpc) is 2.70. The second-order valence-electron chi connectivity index (χ2n) is 3.85. The zero-order chi connectivity index (χ0) is 12.7. The largest absolute Gasteiger partial charge is 0.396 e. The van der Waals surface area contributed by atoms with Gasteiger partial charge in [0.1, 0.15) is 6.54 Å². The zero-order valence-corrected chi connectivity index (χ0v) is 10.5. The summed E-state index contributed by atoms with van der Waals surface area (Å²) in [5.74, 6) is -0.0414. The van der Waals surface area contributed by atoms with Crippen molar-refractivity contribution >= 4 is 11.6 Å². The number of rotatable bonds is 7. The summed E-state index contributed by atoms with van der Waals surface area (Å²) < 4.78 is 1.53. The molecule has 0 saturated carbocycles. The van der Waals surface area contributed by atoms with Gasteiger partial charge in [0.25, 0.3) is 0 Å². The van der Waals surface area contributed by atoms with E-state index in [1.54, 1.807) is 6.20 Å². The van der Waals surface area contributed by atoms with Crippen LogP contribution in [0.15, 0.2) is 12.4 Å². The summed E-state index contributed by atoms with van der Waals surface area (Å²) in [7, 11) is 0. The molecule has 6 heteroatoms. The number of hydrogen-bond donors (Lipinski definition) is 2. The molecule has 3 N–H and O–H groups in total. The molecule has 0 atom stereocenters. The molecule has 96 valence electrons. The van der Waals surface area contributed by atoms with E-state index in [0.29, 0.717) is 12.2 Å². The Balaban J connectivity index is 2.21. The fraction of sp³-hybridized carbons (Fsp3) is 0.636. The summed E-state index contributed by atoms with van der Waals surface area (Å²) >= 11 is 0. The number of anilines is 1. The maximum absolute atomic E-state index is 11.5. The van der Waals surface area contributed by atoms with E-state index < -0.39 is 0 Å². The van der Waals surface area contributed by atoms with Gasteiger partial charge in [-0.2, -0.15) is 5.10 Å². The zero-order valence-electron chi connectivity index (χ0n) is 10.5. The molecule has 0 bridgehead atoms. The number of nitrogens with zero attached hydrogens (tertiary/aromatic N) is 3. The summed E-state index contributed by atoms with van der Waals surface area (Å²) in [6.07, 6.45) is 3.17. The van der Waals surface area contributed by atoms with Crippen molar-refractivity contribution in [1.82, 2.24) is 20.0 Å². The van der Waals surface area contributed by atoms with Crippen molar-refractivity contribution < 1.29 is 4.79 Å². The number of nitrogen functional groups attached to an aromatic ring is 1. The maximum Gasteiger partial charge on any atom is 0.241 e. The van der Waals surface area contributed by atoms with Crippen LogP contribution < -0.4 is 11.1 Å². The quantitative estimate of drug-likeness (QED) is 0.698. The Morgan fingerprint density at radius 1 is 1.53 bits per heavy atom. The summed E-state index contributed by atoms with van der Waals surface area (Å²) in [4.78, 5) is 13.8. The molecule has 1 amide bonds. The predicted molar refractivity (Wildman–Crippen MR) is 67.4 cm³/mol. The second-order valence-corrected chi connectivity index (χ2v) is 3.85. The summed E-state index contributed by atoms with van der Waals surface area (Å²) in [5, 5.41) is 6.81. The Morgan fingerprint density at radius 2 is 2.24 bits per heavy atom. The van der Waals surface area contributed by atoms with Gasteiger partial charge in [0, 0.05) is 19.3 Å². The van der Waals surface area contributed by atoms with Crippen LogP contribution in [0.3, 0.4) is 0 Å². The lowest BCUT2D eigenvalue weighted by atomic mass is 10.4. The van der Waals surface area contributed by atoms with Crippen molar-refractivity contribution in [3.05, 3.63) is 12.4 Å². The van der Waals surface area contributed by atoms with Gasteiger partial charge in [-0.1, -0.05) is 13.8 Å². The first-order valence-corrected chi connectivity index (χ1v) is 5.92. The van der Waals surface area contributed by atoms with E-state index in [1.807, 2.05) is 0 Å². The van der Waals surface area contributed by atoms with E-state index in [2.05, 4.69) is 29.2 Å². The third-order valence-corrected chi connectivity index (χ3v) is 2.60. The highest BCUT2D eigenvalue weighted by Gasteiger charge is 2.04. The Hall–Kier alpha value is -1.56. The van der Waals surface area contributed by atoms with E-state index in [9.17, 15) is 4.79 Å². The Kier molecular flexibility index (Phi) is 5.48. The molecule has 1 aromatic rings. The molecule has 0 fully saturated rings. The fourth-order valence-corrected chi connectivity index (χ4v) is 1.56. The fourth-order valence-electron chi connectivity index (χ4n) is 1.56. The van der Waals surface area contributed by atoms with E-state index in [1.165, 1.54) is 10.9 Å². The van der Waals surface area contributed by atoms with Crippen LogP contribution in [0.1, 0.15) is 13.8 Å². The molecule has 1 aromatic heterocycles. The molecule has 0 radical (unpaired) electrons. The highest BCUT2D eigenvalue weighted by atomic mass is 16.2. The first kappa shape index (κ1) is 13.5. The van der Waals surface area contributed by atoms with Crippen LogP contribution in [-0.2, 0) is 11.3 Å². The lowest BCUT2D eigenvalue weighted by molar-refractivity contribution is -0.121. The number of carbonyl (C=O) groups is 1. The molecule has 0 spiro atoms. The van der Waals surface area contributed by atoms with Crippen molar-refractivity contribution in [2.24, 2.45) is 0 Å². The van der Waals surface area contributed by atoms with Crippen molar-refractivity contribution in [3.63, 3.8) is 0 Å². The van der Waals surface area contributed by atoms with Gasteiger partial charge in [-0.05, 0) is 13.1 Å². The molecular weight excluding hydrogens is 218 g/mol. The van der Waals surface area contributed by atoms with Gasteiger partial charge in [0.2, 0.25) is 5.91 Å². The minimum Gasteiger partial charge on any atom is -0.396 e. The number of aromatic nitrogens is 2. The minimum atomic E-state index is -0.0414. The maximum atomic E-state index is 11.5. The van der Waals surface area contributed by atoms with E-state index in [-0.39, 0.29) is 12.5 Å². The van der Waals surface area contributed by atoms with Gasteiger partial charge >= 0.3 is 0 Å². The van der Waals surface area contributed by atoms with Gasteiger partial charge in [-0.25, -0.2) is 0 Å². The molecule has 0 aromatic carbocycles. The van der Waals surface area contributed by atoms with Crippen LogP contribution in [0.5, 0.6) is 0 Å². The van der Waals surface area contributed by atoms with Gasteiger partial charge in [0.15, 0.2) is 0 Å². The molecule has 0 saturated heterocycles. The van der Waals surface area contributed by atoms with Gasteiger partial charge in [-0.15, -0.1) is 0 Å². The lowest BCUT2D eigenvalue weighted by Gasteiger charge is -2.17. The Morgan fingerprint density at radius 3 is 2.76 bits per heavy atom. The predicted octanol–water partition coefficient (Wildman–Crippen LogP) is -0.0767. The van der Waals surface area contributed by atoms with Crippen LogP contribution in [0, 0.1) is 0 Å². The van der Waals surface area contributed by atoms with Crippen LogP contribution in [-0.4, -0.2) is 46.8 Å². The molecule has 6 nitrogen and oxygen atoms in total. The van der Waals surface area contributed by atoms with Crippen molar-refractivity contribution in [3.8, 4) is 0 Å². The third-order valence-electron chi connectivity index (χ3n) is 2.60. The van der Waals surface area contributed by atoms with Crippen LogP contribution in [0.4, 0.5) is 5.69 Å². The number of nitrogens with two attached hydrogens (primary N) is 1. The smallest absolute Gasteiger partial charge is 0.241 e. The molecule has 1 heterocycles. The van der Waals surface area contributed by atoms with Crippen LogP contribution in [0.2, 0.25) is 0 Å². The van der Waals surface area contributed by atoms with Crippen molar-refractivity contribution in [2.45, 2.75) is 20.4 Å². The van der Waals surface area contributed by atoms with Gasteiger partial charge in [0.05, 0.1) is 11.9 Å². The summed E-state index contributed by atoms with van der Waals surface area (Å²) in [6, 6.07) is 0. The topological polar surface area (TPSA) is 76.2 Å². The van der Waals surface area contributed by atoms with Crippen LogP contribution in [0.25, 0.3) is 0 Å². The van der Waals surface area contributed by atoms with Gasteiger partial charge in [-0.3, -0.25) is 9.48 Å². The highest BCUT2D eigenvalue weighted by Crippen LogP contribution is 1.96. The molecule has 0 unspecified atom stereocenters. The Bertz CT molecular complexity index is 345. The first-order chi connectivity index (χ1) is 8.15. The van der Waals surface area contributed by atoms with E-state index in [0.717, 1.165) is 19.6 Å². The molecule has 17 heavy (non-hydrogen) atoms. The second kappa shape index (κ2) is 6.90. The molecule has 1 rings (SSSR count). The SMILES string of the molecule is CCN(CC)CCNC(=O)Cn1cc(N)cn1. The van der Waals surface area contributed by atoms with Crippen LogP contribution >= 0.6 is 0 Å². The molecule has 0 aliphatic rings. The molecule has 0 aliphatic carbocycles. The van der Waals surface area contributed by atoms with Gasteiger partial charge < -0.3 is 16.0 Å². The molecular formula is C11H21N5O. The van der Waals surface area contributed by atoms with Crippen molar-refractivity contribution in [2.75, 3.05) is 31.9 Å². The number of carbonyl (C=O) groups excluding carboxylic acids is 1. The number of likely N-dealkylation sites (N-methyl/N-ethyl adjacent to an activating group) is 1. The Labute approximate surface area is 102 Å². The standard InChI is InChI=1S/C11H21N5O/c1-3-15(4-2)6-5-13-11(17)9-16-8-10(12)7-14-16/h7-8H,3-6,9,12H2,1-2H3,(H,13,17). The lowest BCUT2D eigenvalue weighted by Crippen LogP contribution is -2.36. The third kappa shape index (κ3) is 4.86. The highest BCUT2D eigenvalue weighted by molar-refractivity contribution is 5.75. The first-order valence-electron chi connectivity index (χ1n) is 5.92. The number of hydrogen-bond acceptors (Lipinski definition) is 4. The molecule has 0 aliphatic heterocycles. The monoisotopic (exact) mass is 239 g/mol. The summed E-state index contributed by atoms with van der Waals surface area (Å²) in [6.45, 7) is 7.98. The normalized spacial score (nSPS) is 10.8. The minimum absolute atomic E-state index is 0.0414. The van der Waals surface area contributed by atoms with E-state index in [4.69, 9.17) is 5.73 Å². The van der Waals surface area contributed by atoms with Crippen molar-refractivity contribution in [1.29, 1.82) is 0 Å². The average molecular weight is 239 g/mol.